The molecular weight excluding hydrogens is 313 g/mol. The van der Waals surface area contributed by atoms with Gasteiger partial charge in [0, 0.05) is 23.6 Å². The smallest absolute Gasteiger partial charge is 0.335 e. The van der Waals surface area contributed by atoms with Crippen LogP contribution in [-0.2, 0) is 6.18 Å². The number of carbonyl (C=O) groups is 1. The molecule has 2 rings (SSSR count). The fraction of sp³-hybridized carbons (Fsp3) is 0.364. The van der Waals surface area contributed by atoms with E-state index in [-0.39, 0.29) is 16.1 Å². The van der Waals surface area contributed by atoms with Crippen LogP contribution in [0.25, 0.3) is 0 Å². The maximum absolute atomic E-state index is 12.8. The second kappa shape index (κ2) is 4.55. The second-order valence-electron chi connectivity index (χ2n) is 4.16. The molecule has 1 aromatic carbocycles. The normalized spacial score (nSPS) is 16.6. The number of hydrogen-bond acceptors (Lipinski definition) is 2. The fourth-order valence-corrected chi connectivity index (χ4v) is 2.15. The summed E-state index contributed by atoms with van der Waals surface area (Å²) >= 11 is 2.97. The number of carbonyl (C=O) groups excluding carboxylic acids is 1. The highest BCUT2D eigenvalue weighted by molar-refractivity contribution is 9.10. The van der Waals surface area contributed by atoms with Crippen LogP contribution in [0.4, 0.5) is 13.2 Å². The summed E-state index contributed by atoms with van der Waals surface area (Å²) in [5, 5.41) is 0. The molecular formula is C11H10BrF3N2O. The Morgan fingerprint density at radius 1 is 1.39 bits per heavy atom. The fourth-order valence-electron chi connectivity index (χ4n) is 1.79. The average molecular weight is 323 g/mol. The highest BCUT2D eigenvalue weighted by atomic mass is 79.9. The largest absolute Gasteiger partial charge is 0.417 e. The quantitative estimate of drug-likeness (QED) is 0.862. The molecule has 18 heavy (non-hydrogen) atoms. The molecule has 1 amide bonds. The van der Waals surface area contributed by atoms with Crippen LogP contribution in [0, 0.1) is 0 Å². The minimum Gasteiger partial charge on any atom is -0.335 e. The standard InChI is InChI=1S/C11H10BrF3N2O/c12-6-1-2-8(9(3-6)11(13,14)15)10(18)17-4-7(16)5-17/h1-3,7H,4-5,16H2. The third kappa shape index (κ3) is 2.51. The van der Waals surface area contributed by atoms with Gasteiger partial charge in [-0.1, -0.05) is 15.9 Å². The van der Waals surface area contributed by atoms with Gasteiger partial charge in [0.25, 0.3) is 5.91 Å². The Labute approximate surface area is 110 Å². The van der Waals surface area contributed by atoms with Gasteiger partial charge >= 0.3 is 6.18 Å². The summed E-state index contributed by atoms with van der Waals surface area (Å²) in [6, 6.07) is 3.37. The number of nitrogens with two attached hydrogens (primary N) is 1. The Kier molecular flexibility index (Phi) is 3.37. The van der Waals surface area contributed by atoms with Crippen LogP contribution in [-0.4, -0.2) is 29.9 Å². The molecule has 1 fully saturated rings. The Bertz CT molecular complexity index is 484. The molecule has 0 radical (unpaired) electrons. The first-order chi connectivity index (χ1) is 8.29. The molecule has 0 aromatic heterocycles. The third-order valence-electron chi connectivity index (χ3n) is 2.71. The van der Waals surface area contributed by atoms with Crippen molar-refractivity contribution in [3.05, 3.63) is 33.8 Å². The van der Waals surface area contributed by atoms with Crippen LogP contribution < -0.4 is 5.73 Å². The SMILES string of the molecule is NC1CN(C(=O)c2ccc(Br)cc2C(F)(F)F)C1. The molecule has 98 valence electrons. The van der Waals surface area contributed by atoms with Gasteiger partial charge in [0.1, 0.15) is 0 Å². The summed E-state index contributed by atoms with van der Waals surface area (Å²) in [7, 11) is 0. The molecule has 1 saturated heterocycles. The Hall–Kier alpha value is -1.08. The molecule has 3 nitrogen and oxygen atoms in total. The number of hydrogen-bond donors (Lipinski definition) is 1. The zero-order chi connectivity index (χ0) is 13.5. The molecule has 1 heterocycles. The van der Waals surface area contributed by atoms with E-state index in [0.29, 0.717) is 13.1 Å². The van der Waals surface area contributed by atoms with Crippen LogP contribution in [0.15, 0.2) is 22.7 Å². The molecule has 0 aliphatic carbocycles. The van der Waals surface area contributed by atoms with Crippen LogP contribution in [0.5, 0.6) is 0 Å². The predicted molar refractivity (Wildman–Crippen MR) is 63.0 cm³/mol. The lowest BCUT2D eigenvalue weighted by atomic mass is 10.0. The van der Waals surface area contributed by atoms with E-state index in [9.17, 15) is 18.0 Å². The first-order valence-electron chi connectivity index (χ1n) is 5.20. The Morgan fingerprint density at radius 2 is 2.00 bits per heavy atom. The Morgan fingerprint density at radius 3 is 2.50 bits per heavy atom. The van der Waals surface area contributed by atoms with Gasteiger partial charge in [-0.25, -0.2) is 0 Å². The zero-order valence-electron chi connectivity index (χ0n) is 9.17. The number of likely N-dealkylation sites (tertiary alicyclic amines) is 1. The maximum atomic E-state index is 12.8. The van der Waals surface area contributed by atoms with Crippen molar-refractivity contribution in [3.63, 3.8) is 0 Å². The minimum atomic E-state index is -4.55. The summed E-state index contributed by atoms with van der Waals surface area (Å²) in [4.78, 5) is 13.2. The number of halogens is 4. The van der Waals surface area contributed by atoms with Crippen LogP contribution >= 0.6 is 15.9 Å². The number of benzene rings is 1. The van der Waals surface area contributed by atoms with E-state index in [1.807, 2.05) is 0 Å². The molecule has 1 aliphatic rings. The van der Waals surface area contributed by atoms with E-state index in [1.165, 1.54) is 17.0 Å². The van der Waals surface area contributed by atoms with Gasteiger partial charge in [0.15, 0.2) is 0 Å². The van der Waals surface area contributed by atoms with Gasteiger partial charge in [-0.05, 0) is 18.2 Å². The van der Waals surface area contributed by atoms with E-state index >= 15 is 0 Å². The van der Waals surface area contributed by atoms with Gasteiger partial charge in [-0.3, -0.25) is 4.79 Å². The number of nitrogens with zero attached hydrogens (tertiary/aromatic N) is 1. The lowest BCUT2D eigenvalue weighted by Gasteiger charge is -2.37. The van der Waals surface area contributed by atoms with Gasteiger partial charge in [-0.2, -0.15) is 13.2 Å². The molecule has 0 spiro atoms. The lowest BCUT2D eigenvalue weighted by Crippen LogP contribution is -2.58. The van der Waals surface area contributed by atoms with E-state index in [0.717, 1.165) is 6.07 Å². The molecule has 0 saturated carbocycles. The molecule has 7 heteroatoms. The Balaban J connectivity index is 2.35. The van der Waals surface area contributed by atoms with Gasteiger partial charge in [0.2, 0.25) is 0 Å². The van der Waals surface area contributed by atoms with Crippen molar-refractivity contribution in [2.24, 2.45) is 5.73 Å². The van der Waals surface area contributed by atoms with Crippen molar-refractivity contribution < 1.29 is 18.0 Å². The van der Waals surface area contributed by atoms with Gasteiger partial charge < -0.3 is 10.6 Å². The number of amides is 1. The summed E-state index contributed by atoms with van der Waals surface area (Å²) in [5.41, 5.74) is 4.25. The van der Waals surface area contributed by atoms with Crippen LogP contribution in [0.1, 0.15) is 15.9 Å². The minimum absolute atomic E-state index is 0.140. The average Bonchev–Trinajstić information content (AvgIpc) is 2.22. The van der Waals surface area contributed by atoms with Crippen LogP contribution in [0.2, 0.25) is 0 Å². The molecule has 1 aliphatic heterocycles. The van der Waals surface area contributed by atoms with Gasteiger partial charge in [0.05, 0.1) is 11.1 Å². The maximum Gasteiger partial charge on any atom is 0.417 e. The highest BCUT2D eigenvalue weighted by Gasteiger charge is 2.38. The van der Waals surface area contributed by atoms with Crippen LogP contribution in [0.3, 0.4) is 0 Å². The summed E-state index contributed by atoms with van der Waals surface area (Å²) in [6.45, 7) is 0.596. The summed E-state index contributed by atoms with van der Waals surface area (Å²) in [5.74, 6) is -0.628. The first-order valence-corrected chi connectivity index (χ1v) is 6.00. The topological polar surface area (TPSA) is 46.3 Å². The van der Waals surface area contributed by atoms with E-state index in [4.69, 9.17) is 5.73 Å². The van der Waals surface area contributed by atoms with E-state index in [2.05, 4.69) is 15.9 Å². The number of rotatable bonds is 1. The van der Waals surface area contributed by atoms with Gasteiger partial charge in [-0.15, -0.1) is 0 Å². The molecule has 0 bridgehead atoms. The van der Waals surface area contributed by atoms with Crippen molar-refractivity contribution >= 4 is 21.8 Å². The summed E-state index contributed by atoms with van der Waals surface area (Å²) in [6.07, 6.45) is -4.55. The van der Waals surface area contributed by atoms with Crippen molar-refractivity contribution in [1.29, 1.82) is 0 Å². The van der Waals surface area contributed by atoms with Crippen molar-refractivity contribution in [2.75, 3.05) is 13.1 Å². The van der Waals surface area contributed by atoms with Crippen molar-refractivity contribution in [3.8, 4) is 0 Å². The first kappa shape index (κ1) is 13.4. The van der Waals surface area contributed by atoms with E-state index in [1.54, 1.807) is 0 Å². The molecule has 0 unspecified atom stereocenters. The van der Waals surface area contributed by atoms with E-state index < -0.39 is 17.6 Å². The lowest BCUT2D eigenvalue weighted by molar-refractivity contribution is -0.138. The monoisotopic (exact) mass is 322 g/mol. The van der Waals surface area contributed by atoms with Crippen molar-refractivity contribution in [1.82, 2.24) is 4.90 Å². The molecule has 2 N–H and O–H groups in total. The summed E-state index contributed by atoms with van der Waals surface area (Å²) < 4.78 is 38.8. The molecule has 0 atom stereocenters. The highest BCUT2D eigenvalue weighted by Crippen LogP contribution is 2.34. The third-order valence-corrected chi connectivity index (χ3v) is 3.21. The number of alkyl halides is 3. The van der Waals surface area contributed by atoms with Crippen molar-refractivity contribution in [2.45, 2.75) is 12.2 Å². The zero-order valence-corrected chi connectivity index (χ0v) is 10.8. The molecule has 1 aromatic rings. The second-order valence-corrected chi connectivity index (χ2v) is 5.07. The predicted octanol–water partition coefficient (Wildman–Crippen LogP) is 2.25.